The van der Waals surface area contributed by atoms with Gasteiger partial charge in [-0.15, -0.1) is 0 Å². The number of benzene rings is 2. The van der Waals surface area contributed by atoms with Crippen LogP contribution in [0, 0.1) is 5.82 Å². The number of pyridine rings is 1. The average molecular weight is 390 g/mol. The SMILES string of the molecule is CC(O)c1ccc(-c2nc3ccc(C4(c5ccccc5)CC4)nc3s2)c(F)c1. The molecule has 5 rings (SSSR count). The van der Waals surface area contributed by atoms with Gasteiger partial charge in [-0.05, 0) is 55.2 Å². The summed E-state index contributed by atoms with van der Waals surface area (Å²) in [7, 11) is 0. The third-order valence-corrected chi connectivity index (χ3v) is 6.53. The number of hydrogen-bond donors (Lipinski definition) is 1. The first-order valence-electron chi connectivity index (χ1n) is 9.38. The Morgan fingerprint density at radius 1 is 1.04 bits per heavy atom. The highest BCUT2D eigenvalue weighted by atomic mass is 32.1. The van der Waals surface area contributed by atoms with Crippen LogP contribution in [0.15, 0.2) is 60.7 Å². The molecule has 3 nitrogen and oxygen atoms in total. The van der Waals surface area contributed by atoms with Crippen molar-refractivity contribution in [2.24, 2.45) is 0 Å². The van der Waals surface area contributed by atoms with E-state index in [4.69, 9.17) is 4.98 Å². The highest BCUT2D eigenvalue weighted by Crippen LogP contribution is 2.53. The van der Waals surface area contributed by atoms with Crippen LogP contribution in [-0.4, -0.2) is 15.1 Å². The number of thiazole rings is 1. The zero-order valence-electron chi connectivity index (χ0n) is 15.4. The fraction of sp³-hybridized carbons (Fsp3) is 0.217. The lowest BCUT2D eigenvalue weighted by molar-refractivity contribution is 0.199. The predicted molar refractivity (Wildman–Crippen MR) is 110 cm³/mol. The highest BCUT2D eigenvalue weighted by molar-refractivity contribution is 7.21. The first-order chi connectivity index (χ1) is 13.6. The van der Waals surface area contributed by atoms with Gasteiger partial charge in [0.2, 0.25) is 0 Å². The lowest BCUT2D eigenvalue weighted by Crippen LogP contribution is -2.10. The normalized spacial score (nSPS) is 16.2. The highest BCUT2D eigenvalue weighted by Gasteiger charge is 2.47. The largest absolute Gasteiger partial charge is 0.389 e. The number of hydrogen-bond acceptors (Lipinski definition) is 4. The predicted octanol–water partition coefficient (Wildman–Crippen LogP) is 5.63. The summed E-state index contributed by atoms with van der Waals surface area (Å²) in [6.45, 7) is 1.62. The summed E-state index contributed by atoms with van der Waals surface area (Å²) in [5, 5.41) is 10.3. The molecule has 1 atom stereocenters. The number of aliphatic hydroxyl groups is 1. The third kappa shape index (κ3) is 2.82. The molecule has 2 aromatic carbocycles. The van der Waals surface area contributed by atoms with E-state index < -0.39 is 6.10 Å². The fourth-order valence-electron chi connectivity index (χ4n) is 3.74. The van der Waals surface area contributed by atoms with E-state index in [9.17, 15) is 9.50 Å². The lowest BCUT2D eigenvalue weighted by atomic mass is 9.92. The number of aromatic nitrogens is 2. The summed E-state index contributed by atoms with van der Waals surface area (Å²) in [6, 6.07) is 19.3. The standard InChI is InChI=1S/C23H19FN2OS/c1-14(27)15-7-8-17(18(24)13-15)21-25-19-9-10-20(26-22(19)28-21)23(11-12-23)16-5-3-2-4-6-16/h2-10,13-14,27H,11-12H2,1H3. The van der Waals surface area contributed by atoms with E-state index in [1.807, 2.05) is 12.1 Å². The van der Waals surface area contributed by atoms with E-state index in [2.05, 4.69) is 35.3 Å². The van der Waals surface area contributed by atoms with Gasteiger partial charge in [0.05, 0.1) is 11.8 Å². The van der Waals surface area contributed by atoms with E-state index in [0.29, 0.717) is 16.1 Å². The molecule has 0 amide bonds. The first kappa shape index (κ1) is 17.5. The van der Waals surface area contributed by atoms with Crippen LogP contribution in [0.5, 0.6) is 0 Å². The molecule has 28 heavy (non-hydrogen) atoms. The van der Waals surface area contributed by atoms with Crippen LogP contribution in [0.3, 0.4) is 0 Å². The molecule has 1 aliphatic rings. The molecule has 5 heteroatoms. The van der Waals surface area contributed by atoms with Crippen molar-refractivity contribution in [2.45, 2.75) is 31.3 Å². The summed E-state index contributed by atoms with van der Waals surface area (Å²) >= 11 is 1.41. The minimum absolute atomic E-state index is 0.00374. The van der Waals surface area contributed by atoms with Gasteiger partial charge >= 0.3 is 0 Å². The maximum absolute atomic E-state index is 14.6. The molecule has 0 spiro atoms. The Morgan fingerprint density at radius 2 is 1.82 bits per heavy atom. The second-order valence-electron chi connectivity index (χ2n) is 7.40. The van der Waals surface area contributed by atoms with Gasteiger partial charge in [-0.3, -0.25) is 0 Å². The molecule has 0 bridgehead atoms. The molecule has 1 aliphatic carbocycles. The summed E-state index contributed by atoms with van der Waals surface area (Å²) < 4.78 is 14.6. The molecule has 2 heterocycles. The van der Waals surface area contributed by atoms with Gasteiger partial charge in [-0.25, -0.2) is 14.4 Å². The van der Waals surface area contributed by atoms with Crippen LogP contribution in [0.1, 0.15) is 42.7 Å². The zero-order valence-corrected chi connectivity index (χ0v) is 16.2. The van der Waals surface area contributed by atoms with Gasteiger partial charge < -0.3 is 5.11 Å². The van der Waals surface area contributed by atoms with Crippen molar-refractivity contribution in [3.8, 4) is 10.6 Å². The smallest absolute Gasteiger partial charge is 0.144 e. The average Bonchev–Trinajstić information content (AvgIpc) is 3.41. The molecule has 1 fully saturated rings. The lowest BCUT2D eigenvalue weighted by Gasteiger charge is -2.14. The van der Waals surface area contributed by atoms with Crippen LogP contribution >= 0.6 is 11.3 Å². The van der Waals surface area contributed by atoms with Crippen LogP contribution in [0.2, 0.25) is 0 Å². The van der Waals surface area contributed by atoms with Gasteiger partial charge in [-0.1, -0.05) is 47.7 Å². The maximum Gasteiger partial charge on any atom is 0.144 e. The summed E-state index contributed by atoms with van der Waals surface area (Å²) in [5.74, 6) is -0.374. The van der Waals surface area contributed by atoms with Crippen LogP contribution in [0.25, 0.3) is 20.9 Å². The number of rotatable bonds is 4. The third-order valence-electron chi connectivity index (χ3n) is 5.53. The Balaban J connectivity index is 1.55. The molecule has 1 saturated carbocycles. The van der Waals surface area contributed by atoms with Crippen LogP contribution in [-0.2, 0) is 5.41 Å². The Morgan fingerprint density at radius 3 is 2.50 bits per heavy atom. The van der Waals surface area contributed by atoms with Gasteiger partial charge in [0.25, 0.3) is 0 Å². The van der Waals surface area contributed by atoms with Crippen molar-refractivity contribution in [3.63, 3.8) is 0 Å². The number of fused-ring (bicyclic) bond motifs is 1. The molecule has 2 aromatic heterocycles. The van der Waals surface area contributed by atoms with E-state index in [-0.39, 0.29) is 11.2 Å². The number of nitrogens with zero attached hydrogens (tertiary/aromatic N) is 2. The second-order valence-corrected chi connectivity index (χ2v) is 8.38. The Labute approximate surface area is 166 Å². The molecule has 1 N–H and O–H groups in total. The molecular weight excluding hydrogens is 371 g/mol. The Hall–Kier alpha value is -2.63. The zero-order chi connectivity index (χ0) is 19.3. The molecule has 0 aliphatic heterocycles. The van der Waals surface area contributed by atoms with Crippen LogP contribution < -0.4 is 0 Å². The first-order valence-corrected chi connectivity index (χ1v) is 10.2. The number of halogens is 1. The molecule has 1 unspecified atom stereocenters. The minimum Gasteiger partial charge on any atom is -0.389 e. The van der Waals surface area contributed by atoms with Crippen molar-refractivity contribution >= 4 is 21.7 Å². The number of aliphatic hydroxyl groups excluding tert-OH is 1. The molecular formula is C23H19FN2OS. The van der Waals surface area contributed by atoms with Crippen molar-refractivity contribution in [2.75, 3.05) is 0 Å². The van der Waals surface area contributed by atoms with Crippen molar-refractivity contribution < 1.29 is 9.50 Å². The monoisotopic (exact) mass is 390 g/mol. The minimum atomic E-state index is -0.698. The summed E-state index contributed by atoms with van der Waals surface area (Å²) in [5.41, 5.74) is 4.15. The van der Waals surface area contributed by atoms with E-state index >= 15 is 0 Å². The molecule has 0 radical (unpaired) electrons. The molecule has 0 saturated heterocycles. The molecule has 140 valence electrons. The van der Waals surface area contributed by atoms with E-state index in [0.717, 1.165) is 28.9 Å². The van der Waals surface area contributed by atoms with Crippen LogP contribution in [0.4, 0.5) is 4.39 Å². The van der Waals surface area contributed by atoms with Gasteiger partial charge in [0, 0.05) is 11.0 Å². The van der Waals surface area contributed by atoms with Crippen molar-refractivity contribution in [1.29, 1.82) is 0 Å². The van der Waals surface area contributed by atoms with Crippen molar-refractivity contribution in [3.05, 3.63) is 83.3 Å². The van der Waals surface area contributed by atoms with E-state index in [1.165, 1.54) is 23.0 Å². The fourth-order valence-corrected chi connectivity index (χ4v) is 4.70. The Bertz CT molecular complexity index is 1170. The Kier molecular flexibility index (Phi) is 4.03. The van der Waals surface area contributed by atoms with Gasteiger partial charge in [0.15, 0.2) is 0 Å². The molecule has 4 aromatic rings. The van der Waals surface area contributed by atoms with E-state index in [1.54, 1.807) is 19.1 Å². The van der Waals surface area contributed by atoms with Gasteiger partial charge in [-0.2, -0.15) is 0 Å². The second kappa shape index (κ2) is 6.47. The van der Waals surface area contributed by atoms with Gasteiger partial charge in [0.1, 0.15) is 21.2 Å². The quantitative estimate of drug-likeness (QED) is 0.491. The van der Waals surface area contributed by atoms with Crippen molar-refractivity contribution in [1.82, 2.24) is 9.97 Å². The summed E-state index contributed by atoms with van der Waals surface area (Å²) in [4.78, 5) is 10.3. The summed E-state index contributed by atoms with van der Waals surface area (Å²) in [6.07, 6.45) is 1.49. The topological polar surface area (TPSA) is 46.0 Å². The maximum atomic E-state index is 14.6.